The van der Waals surface area contributed by atoms with E-state index in [9.17, 15) is 4.79 Å². The maximum atomic E-state index is 11.4. The molecule has 1 aromatic heterocycles. The number of nitrogens with zero attached hydrogens (tertiary/aromatic N) is 2. The van der Waals surface area contributed by atoms with Crippen LogP contribution in [0.2, 0.25) is 0 Å². The minimum atomic E-state index is -0.625. The minimum absolute atomic E-state index is 0.0474. The maximum Gasteiger partial charge on any atom is 0.411 e. The standard InChI is InChI=1S/C12H13N3O4/c1-8-2-3-9(11-15-13-7-19-11)6-10(8)14-12(17)18-5-4-16/h2-3,6-7,16H,4-5H2,1H3,(H,14,17). The van der Waals surface area contributed by atoms with E-state index in [1.54, 1.807) is 6.07 Å². The molecule has 7 heteroatoms. The molecule has 0 aliphatic rings. The number of hydrogen-bond acceptors (Lipinski definition) is 6. The van der Waals surface area contributed by atoms with Gasteiger partial charge in [0, 0.05) is 11.3 Å². The van der Waals surface area contributed by atoms with Crippen molar-refractivity contribution in [2.75, 3.05) is 18.5 Å². The molecule has 19 heavy (non-hydrogen) atoms. The first-order chi connectivity index (χ1) is 9.20. The van der Waals surface area contributed by atoms with Crippen molar-refractivity contribution in [1.29, 1.82) is 0 Å². The first-order valence-corrected chi connectivity index (χ1v) is 5.62. The molecule has 2 N–H and O–H groups in total. The fourth-order valence-electron chi connectivity index (χ4n) is 1.47. The average Bonchev–Trinajstić information content (AvgIpc) is 2.93. The van der Waals surface area contributed by atoms with E-state index in [0.717, 1.165) is 5.56 Å². The number of anilines is 1. The second kappa shape index (κ2) is 5.96. The number of ether oxygens (including phenoxy) is 1. The van der Waals surface area contributed by atoms with Gasteiger partial charge in [-0.2, -0.15) is 0 Å². The van der Waals surface area contributed by atoms with Crippen LogP contribution < -0.4 is 5.32 Å². The van der Waals surface area contributed by atoms with Crippen molar-refractivity contribution in [2.24, 2.45) is 0 Å². The van der Waals surface area contributed by atoms with Crippen molar-refractivity contribution in [3.8, 4) is 11.5 Å². The summed E-state index contributed by atoms with van der Waals surface area (Å²) in [5.41, 5.74) is 2.14. The molecular weight excluding hydrogens is 250 g/mol. The fourth-order valence-corrected chi connectivity index (χ4v) is 1.47. The van der Waals surface area contributed by atoms with Crippen molar-refractivity contribution in [1.82, 2.24) is 10.2 Å². The van der Waals surface area contributed by atoms with Crippen LogP contribution in [0.4, 0.5) is 10.5 Å². The number of nitrogens with one attached hydrogen (secondary N) is 1. The molecule has 2 rings (SSSR count). The molecule has 100 valence electrons. The zero-order valence-corrected chi connectivity index (χ0v) is 10.3. The van der Waals surface area contributed by atoms with Crippen LogP contribution in [0.25, 0.3) is 11.5 Å². The van der Waals surface area contributed by atoms with Crippen molar-refractivity contribution in [3.05, 3.63) is 30.2 Å². The lowest BCUT2D eigenvalue weighted by molar-refractivity contribution is 0.131. The lowest BCUT2D eigenvalue weighted by Gasteiger charge is -2.09. The van der Waals surface area contributed by atoms with Crippen LogP contribution >= 0.6 is 0 Å². The van der Waals surface area contributed by atoms with Crippen LogP contribution in [0.15, 0.2) is 29.0 Å². The number of carbonyl (C=O) groups is 1. The smallest absolute Gasteiger partial charge is 0.411 e. The zero-order chi connectivity index (χ0) is 13.7. The van der Waals surface area contributed by atoms with Gasteiger partial charge in [-0.25, -0.2) is 4.79 Å². The second-order valence-corrected chi connectivity index (χ2v) is 3.76. The fraction of sp³-hybridized carbons (Fsp3) is 0.250. The molecule has 1 heterocycles. The largest absolute Gasteiger partial charge is 0.447 e. The Bertz CT molecular complexity index is 554. The van der Waals surface area contributed by atoms with Gasteiger partial charge in [-0.15, -0.1) is 10.2 Å². The quantitative estimate of drug-likeness (QED) is 0.869. The monoisotopic (exact) mass is 263 g/mol. The Morgan fingerprint density at radius 2 is 2.37 bits per heavy atom. The number of carbonyl (C=O) groups excluding carboxylic acids is 1. The van der Waals surface area contributed by atoms with Crippen molar-refractivity contribution < 1.29 is 19.1 Å². The molecule has 0 spiro atoms. The van der Waals surface area contributed by atoms with E-state index in [4.69, 9.17) is 14.3 Å². The Kier molecular flexibility index (Phi) is 4.09. The number of rotatable bonds is 4. The number of aliphatic hydroxyl groups is 1. The number of benzene rings is 1. The molecule has 0 radical (unpaired) electrons. The maximum absolute atomic E-state index is 11.4. The highest BCUT2D eigenvalue weighted by Crippen LogP contribution is 2.23. The van der Waals surface area contributed by atoms with Gasteiger partial charge in [0.1, 0.15) is 6.61 Å². The average molecular weight is 263 g/mol. The van der Waals surface area contributed by atoms with Gasteiger partial charge in [-0.3, -0.25) is 5.32 Å². The highest BCUT2D eigenvalue weighted by molar-refractivity contribution is 5.86. The lowest BCUT2D eigenvalue weighted by Crippen LogP contribution is -2.16. The molecular formula is C12H13N3O4. The summed E-state index contributed by atoms with van der Waals surface area (Å²) in [6.45, 7) is 1.59. The normalized spacial score (nSPS) is 10.2. The zero-order valence-electron chi connectivity index (χ0n) is 10.3. The summed E-state index contributed by atoms with van der Waals surface area (Å²) in [6.07, 6.45) is 0.609. The highest BCUT2D eigenvalue weighted by atomic mass is 16.6. The topological polar surface area (TPSA) is 97.5 Å². The molecule has 0 fully saturated rings. The van der Waals surface area contributed by atoms with Gasteiger partial charge in [0.25, 0.3) is 0 Å². The second-order valence-electron chi connectivity index (χ2n) is 3.76. The third kappa shape index (κ3) is 3.29. The van der Waals surface area contributed by atoms with Crippen LogP contribution in [-0.4, -0.2) is 34.6 Å². The van der Waals surface area contributed by atoms with Gasteiger partial charge in [0.15, 0.2) is 0 Å². The van der Waals surface area contributed by atoms with Crippen LogP contribution in [0.3, 0.4) is 0 Å². The third-order valence-electron chi connectivity index (χ3n) is 2.41. The molecule has 2 aromatic rings. The van der Waals surface area contributed by atoms with E-state index in [0.29, 0.717) is 17.1 Å². The van der Waals surface area contributed by atoms with E-state index in [1.165, 1.54) is 6.39 Å². The molecule has 0 aliphatic heterocycles. The molecule has 1 amide bonds. The van der Waals surface area contributed by atoms with E-state index < -0.39 is 6.09 Å². The molecule has 0 aliphatic carbocycles. The van der Waals surface area contributed by atoms with Crippen LogP contribution in [-0.2, 0) is 4.74 Å². The molecule has 0 atom stereocenters. The Hall–Kier alpha value is -2.41. The van der Waals surface area contributed by atoms with Gasteiger partial charge < -0.3 is 14.3 Å². The molecule has 0 bridgehead atoms. The van der Waals surface area contributed by atoms with E-state index in [1.807, 2.05) is 19.1 Å². The number of aliphatic hydroxyl groups excluding tert-OH is 1. The van der Waals surface area contributed by atoms with Gasteiger partial charge in [-0.05, 0) is 24.6 Å². The minimum Gasteiger partial charge on any atom is -0.447 e. The van der Waals surface area contributed by atoms with Crippen molar-refractivity contribution >= 4 is 11.8 Å². The SMILES string of the molecule is Cc1ccc(-c2nnco2)cc1NC(=O)OCCO. The Morgan fingerprint density at radius 3 is 3.05 bits per heavy atom. The molecule has 7 nitrogen and oxygen atoms in total. The first kappa shape index (κ1) is 13.0. The summed E-state index contributed by atoms with van der Waals surface area (Å²) in [6, 6.07) is 5.34. The van der Waals surface area contributed by atoms with Gasteiger partial charge in [-0.1, -0.05) is 6.07 Å². The van der Waals surface area contributed by atoms with E-state index in [2.05, 4.69) is 15.5 Å². The number of amides is 1. The van der Waals surface area contributed by atoms with Gasteiger partial charge >= 0.3 is 6.09 Å². The molecule has 0 unspecified atom stereocenters. The summed E-state index contributed by atoms with van der Waals surface area (Å²) in [4.78, 5) is 11.4. The van der Waals surface area contributed by atoms with Crippen molar-refractivity contribution in [3.63, 3.8) is 0 Å². The highest BCUT2D eigenvalue weighted by Gasteiger charge is 2.09. The number of hydrogen-bond donors (Lipinski definition) is 2. The van der Waals surface area contributed by atoms with Gasteiger partial charge in [0.2, 0.25) is 12.3 Å². The Labute approximate surface area is 109 Å². The summed E-state index contributed by atoms with van der Waals surface area (Å²) in [7, 11) is 0. The molecule has 1 aromatic carbocycles. The van der Waals surface area contributed by atoms with E-state index in [-0.39, 0.29) is 13.2 Å². The number of aryl methyl sites for hydroxylation is 1. The predicted molar refractivity (Wildman–Crippen MR) is 66.5 cm³/mol. The summed E-state index contributed by atoms with van der Waals surface area (Å²) < 4.78 is 9.81. The van der Waals surface area contributed by atoms with Crippen LogP contribution in [0.1, 0.15) is 5.56 Å². The Morgan fingerprint density at radius 1 is 1.53 bits per heavy atom. The van der Waals surface area contributed by atoms with Crippen LogP contribution in [0.5, 0.6) is 0 Å². The first-order valence-electron chi connectivity index (χ1n) is 5.62. The summed E-state index contributed by atoms with van der Waals surface area (Å²) >= 11 is 0. The molecule has 0 saturated carbocycles. The summed E-state index contributed by atoms with van der Waals surface area (Å²) in [5.74, 6) is 0.367. The van der Waals surface area contributed by atoms with Crippen molar-refractivity contribution in [2.45, 2.75) is 6.92 Å². The van der Waals surface area contributed by atoms with E-state index >= 15 is 0 Å². The lowest BCUT2D eigenvalue weighted by atomic mass is 10.1. The Balaban J connectivity index is 2.16. The predicted octanol–water partition coefficient (Wildman–Crippen LogP) is 1.59. The summed E-state index contributed by atoms with van der Waals surface area (Å²) in [5, 5.41) is 18.5. The molecule has 0 saturated heterocycles. The number of aromatic nitrogens is 2. The third-order valence-corrected chi connectivity index (χ3v) is 2.41. The van der Waals surface area contributed by atoms with Crippen LogP contribution in [0, 0.1) is 6.92 Å². The van der Waals surface area contributed by atoms with Gasteiger partial charge in [0.05, 0.1) is 6.61 Å².